The zero-order chi connectivity index (χ0) is 12.3. The highest BCUT2D eigenvalue weighted by atomic mass is 32.2. The van der Waals surface area contributed by atoms with Gasteiger partial charge in [0, 0.05) is 17.3 Å². The highest BCUT2D eigenvalue weighted by Gasteiger charge is 2.35. The fourth-order valence-electron chi connectivity index (χ4n) is 2.42. The molecule has 17 heavy (non-hydrogen) atoms. The van der Waals surface area contributed by atoms with Crippen molar-refractivity contribution in [3.05, 3.63) is 35.4 Å². The molecule has 0 aromatic heterocycles. The third-order valence-electron chi connectivity index (χ3n) is 3.97. The summed E-state index contributed by atoms with van der Waals surface area (Å²) in [6.07, 6.45) is 6.41. The number of benzene rings is 1. The van der Waals surface area contributed by atoms with Crippen LogP contribution in [0, 0.1) is 6.92 Å². The van der Waals surface area contributed by atoms with E-state index >= 15 is 0 Å². The van der Waals surface area contributed by atoms with Crippen molar-refractivity contribution < 1.29 is 0 Å². The molecule has 1 nitrogen and oxygen atoms in total. The minimum absolute atomic E-state index is 0.458. The van der Waals surface area contributed by atoms with Crippen LogP contribution in [0.1, 0.15) is 43.4 Å². The average Bonchev–Trinajstić information content (AvgIpc) is 2.28. The van der Waals surface area contributed by atoms with Crippen molar-refractivity contribution in [1.82, 2.24) is 5.32 Å². The second-order valence-electron chi connectivity index (χ2n) is 5.26. The maximum atomic E-state index is 3.70. The maximum absolute atomic E-state index is 3.70. The summed E-state index contributed by atoms with van der Waals surface area (Å²) in [4.78, 5) is 0. The van der Waals surface area contributed by atoms with Gasteiger partial charge in [-0.3, -0.25) is 0 Å². The maximum Gasteiger partial charge on any atom is 0.0292 e. The molecule has 1 fully saturated rings. The quantitative estimate of drug-likeness (QED) is 0.848. The smallest absolute Gasteiger partial charge is 0.0292 e. The Balaban J connectivity index is 1.91. The first-order valence-electron chi connectivity index (χ1n) is 6.50. The van der Waals surface area contributed by atoms with Crippen LogP contribution in [0.15, 0.2) is 24.3 Å². The molecule has 1 unspecified atom stereocenters. The zero-order valence-electron chi connectivity index (χ0n) is 11.1. The lowest BCUT2D eigenvalue weighted by atomic mass is 9.84. The van der Waals surface area contributed by atoms with Gasteiger partial charge < -0.3 is 5.32 Å². The van der Waals surface area contributed by atoms with E-state index in [9.17, 15) is 0 Å². The van der Waals surface area contributed by atoms with Crippen molar-refractivity contribution in [2.75, 3.05) is 12.8 Å². The van der Waals surface area contributed by atoms with Crippen molar-refractivity contribution in [2.24, 2.45) is 0 Å². The highest BCUT2D eigenvalue weighted by molar-refractivity contribution is 8.00. The lowest BCUT2D eigenvalue weighted by Crippen LogP contribution is -2.43. The summed E-state index contributed by atoms with van der Waals surface area (Å²) in [5, 5.41) is 3.70. The first kappa shape index (κ1) is 13.0. The standard InChI is InChI=1S/C15H23NS/c1-12-6-4-7-14(10-12)13(2)16-11-15(17-3)8-5-9-15/h4,6-7,10,13,16H,5,8-9,11H2,1-3H3. The lowest BCUT2D eigenvalue weighted by molar-refractivity contribution is 0.334. The van der Waals surface area contributed by atoms with Crippen molar-refractivity contribution in [3.63, 3.8) is 0 Å². The summed E-state index contributed by atoms with van der Waals surface area (Å²) >= 11 is 2.04. The van der Waals surface area contributed by atoms with Gasteiger partial charge in [-0.15, -0.1) is 0 Å². The predicted octanol–water partition coefficient (Wildman–Crippen LogP) is 3.93. The number of aryl methyl sites for hydroxylation is 1. The molecule has 1 aromatic rings. The Hall–Kier alpha value is -0.470. The molecule has 1 N–H and O–H groups in total. The molecule has 1 aromatic carbocycles. The van der Waals surface area contributed by atoms with E-state index in [1.54, 1.807) is 0 Å². The van der Waals surface area contributed by atoms with Crippen LogP contribution in [-0.4, -0.2) is 17.5 Å². The number of rotatable bonds is 5. The molecule has 0 heterocycles. The Morgan fingerprint density at radius 2 is 2.18 bits per heavy atom. The van der Waals surface area contributed by atoms with E-state index in [0.29, 0.717) is 10.8 Å². The van der Waals surface area contributed by atoms with E-state index in [1.165, 1.54) is 30.4 Å². The highest BCUT2D eigenvalue weighted by Crippen LogP contribution is 2.42. The topological polar surface area (TPSA) is 12.0 Å². The summed E-state index contributed by atoms with van der Waals surface area (Å²) < 4.78 is 0.526. The van der Waals surface area contributed by atoms with E-state index in [-0.39, 0.29) is 0 Å². The van der Waals surface area contributed by atoms with Crippen molar-refractivity contribution >= 4 is 11.8 Å². The van der Waals surface area contributed by atoms with Gasteiger partial charge in [-0.25, -0.2) is 0 Å². The van der Waals surface area contributed by atoms with E-state index in [0.717, 1.165) is 6.54 Å². The van der Waals surface area contributed by atoms with Crippen molar-refractivity contribution in [2.45, 2.75) is 43.9 Å². The molecule has 0 saturated heterocycles. The van der Waals surface area contributed by atoms with Gasteiger partial charge in [-0.1, -0.05) is 36.2 Å². The summed E-state index contributed by atoms with van der Waals surface area (Å²) in [6.45, 7) is 5.57. The lowest BCUT2D eigenvalue weighted by Gasteiger charge is -2.41. The second-order valence-corrected chi connectivity index (χ2v) is 6.53. The molecule has 0 radical (unpaired) electrons. The summed E-state index contributed by atoms with van der Waals surface area (Å²) in [6, 6.07) is 9.27. The normalized spacial score (nSPS) is 19.7. The van der Waals surface area contributed by atoms with Crippen LogP contribution in [0.3, 0.4) is 0 Å². The Bertz CT molecular complexity index is 365. The average molecular weight is 249 g/mol. The number of hydrogen-bond donors (Lipinski definition) is 1. The molecule has 2 rings (SSSR count). The molecule has 0 bridgehead atoms. The SMILES string of the molecule is CSC1(CNC(C)c2cccc(C)c2)CCC1. The Morgan fingerprint density at radius 3 is 2.71 bits per heavy atom. The number of hydrogen-bond acceptors (Lipinski definition) is 2. The molecule has 1 aliphatic rings. The van der Waals surface area contributed by atoms with Crippen LogP contribution < -0.4 is 5.32 Å². The molecule has 1 atom stereocenters. The van der Waals surface area contributed by atoms with E-state index in [4.69, 9.17) is 0 Å². The van der Waals surface area contributed by atoms with Crippen molar-refractivity contribution in [1.29, 1.82) is 0 Å². The molecular formula is C15H23NS. The molecule has 0 spiro atoms. The van der Waals surface area contributed by atoms with Gasteiger partial charge in [-0.05, 0) is 38.5 Å². The zero-order valence-corrected chi connectivity index (χ0v) is 11.9. The van der Waals surface area contributed by atoms with Crippen LogP contribution in [0.5, 0.6) is 0 Å². The van der Waals surface area contributed by atoms with Gasteiger partial charge >= 0.3 is 0 Å². The first-order valence-corrected chi connectivity index (χ1v) is 7.73. The number of nitrogens with one attached hydrogen (secondary N) is 1. The Kier molecular flexibility index (Phi) is 4.16. The van der Waals surface area contributed by atoms with Gasteiger partial charge in [0.25, 0.3) is 0 Å². The third-order valence-corrected chi connectivity index (χ3v) is 5.39. The molecule has 0 amide bonds. The molecule has 1 saturated carbocycles. The summed E-state index contributed by atoms with van der Waals surface area (Å²) in [5.74, 6) is 0. The Morgan fingerprint density at radius 1 is 1.41 bits per heavy atom. The molecule has 1 aliphatic carbocycles. The fourth-order valence-corrected chi connectivity index (χ4v) is 3.35. The minimum atomic E-state index is 0.458. The van der Waals surface area contributed by atoms with E-state index in [1.807, 2.05) is 11.8 Å². The molecule has 94 valence electrons. The summed E-state index contributed by atoms with van der Waals surface area (Å²) in [7, 11) is 0. The summed E-state index contributed by atoms with van der Waals surface area (Å²) in [5.41, 5.74) is 2.75. The third kappa shape index (κ3) is 3.05. The first-order chi connectivity index (χ1) is 8.15. The number of thioether (sulfide) groups is 1. The second kappa shape index (κ2) is 5.45. The van der Waals surface area contributed by atoms with Crippen LogP contribution in [0.4, 0.5) is 0 Å². The Labute approximate surface area is 109 Å². The van der Waals surface area contributed by atoms with Crippen LogP contribution in [-0.2, 0) is 0 Å². The van der Waals surface area contributed by atoms with Crippen molar-refractivity contribution in [3.8, 4) is 0 Å². The van der Waals surface area contributed by atoms with Crippen LogP contribution >= 0.6 is 11.8 Å². The van der Waals surface area contributed by atoms with Crippen LogP contribution in [0.2, 0.25) is 0 Å². The fraction of sp³-hybridized carbons (Fsp3) is 0.600. The molecular weight excluding hydrogens is 226 g/mol. The van der Waals surface area contributed by atoms with Crippen LogP contribution in [0.25, 0.3) is 0 Å². The molecule has 2 heteroatoms. The van der Waals surface area contributed by atoms with Gasteiger partial charge in [0.2, 0.25) is 0 Å². The van der Waals surface area contributed by atoms with Gasteiger partial charge in [0.15, 0.2) is 0 Å². The minimum Gasteiger partial charge on any atom is -0.309 e. The van der Waals surface area contributed by atoms with E-state index < -0.39 is 0 Å². The van der Waals surface area contributed by atoms with Gasteiger partial charge in [0.1, 0.15) is 0 Å². The van der Waals surface area contributed by atoms with E-state index in [2.05, 4.69) is 49.7 Å². The van der Waals surface area contributed by atoms with Gasteiger partial charge in [-0.2, -0.15) is 11.8 Å². The predicted molar refractivity (Wildman–Crippen MR) is 77.7 cm³/mol. The largest absolute Gasteiger partial charge is 0.309 e. The van der Waals surface area contributed by atoms with Gasteiger partial charge in [0.05, 0.1) is 0 Å². The monoisotopic (exact) mass is 249 g/mol. The molecule has 0 aliphatic heterocycles.